The largest absolute Gasteiger partial charge is 0.489 e. The van der Waals surface area contributed by atoms with Crippen LogP contribution in [0, 0.1) is 0 Å². The van der Waals surface area contributed by atoms with Gasteiger partial charge in [0.1, 0.15) is 11.9 Å². The molecule has 0 bridgehead atoms. The molecule has 2 nitrogen and oxygen atoms in total. The highest BCUT2D eigenvalue weighted by Crippen LogP contribution is 2.32. The molecule has 2 aliphatic rings. The number of nitrogens with one attached hydrogen (secondary N) is 1. The van der Waals surface area contributed by atoms with Crippen LogP contribution in [-0.4, -0.2) is 24.2 Å². The highest BCUT2D eigenvalue weighted by atomic mass is 32.2. The molecule has 1 aromatic carbocycles. The molecular formula is C15H21NOS. The zero-order valence-corrected chi connectivity index (χ0v) is 11.5. The molecule has 0 amide bonds. The molecule has 18 heavy (non-hydrogen) atoms. The molecule has 2 unspecified atom stereocenters. The van der Waals surface area contributed by atoms with E-state index < -0.39 is 0 Å². The van der Waals surface area contributed by atoms with Crippen LogP contribution in [0.2, 0.25) is 0 Å². The Bertz CT molecular complexity index is 384. The zero-order valence-electron chi connectivity index (χ0n) is 10.7. The van der Waals surface area contributed by atoms with Crippen molar-refractivity contribution in [3.05, 3.63) is 29.8 Å². The lowest BCUT2D eigenvalue weighted by Gasteiger charge is -2.25. The maximum atomic E-state index is 6.24. The normalized spacial score (nSPS) is 28.2. The van der Waals surface area contributed by atoms with Crippen LogP contribution >= 0.6 is 11.8 Å². The van der Waals surface area contributed by atoms with Gasteiger partial charge in [0.25, 0.3) is 0 Å². The molecule has 3 heteroatoms. The van der Waals surface area contributed by atoms with Gasteiger partial charge in [-0.2, -0.15) is 11.8 Å². The Labute approximate surface area is 113 Å². The van der Waals surface area contributed by atoms with Crippen LogP contribution in [-0.2, 0) is 0 Å². The summed E-state index contributed by atoms with van der Waals surface area (Å²) in [5.74, 6) is 3.54. The molecule has 2 heterocycles. The van der Waals surface area contributed by atoms with Gasteiger partial charge in [0.05, 0.1) is 0 Å². The predicted octanol–water partition coefficient (Wildman–Crippen LogP) is 3.39. The summed E-state index contributed by atoms with van der Waals surface area (Å²) in [7, 11) is 0. The molecular weight excluding hydrogens is 242 g/mol. The summed E-state index contributed by atoms with van der Waals surface area (Å²) in [4.78, 5) is 0. The Morgan fingerprint density at radius 3 is 2.89 bits per heavy atom. The number of benzene rings is 1. The van der Waals surface area contributed by atoms with Gasteiger partial charge in [0, 0.05) is 17.4 Å². The molecule has 0 aliphatic carbocycles. The first-order valence-corrected chi connectivity index (χ1v) is 8.15. The van der Waals surface area contributed by atoms with Gasteiger partial charge in [0.15, 0.2) is 0 Å². The first-order chi connectivity index (χ1) is 8.93. The van der Waals surface area contributed by atoms with Gasteiger partial charge in [-0.1, -0.05) is 18.2 Å². The fraction of sp³-hybridized carbons (Fsp3) is 0.600. The topological polar surface area (TPSA) is 21.3 Å². The summed E-state index contributed by atoms with van der Waals surface area (Å²) in [5.41, 5.74) is 1.35. The first-order valence-electron chi connectivity index (χ1n) is 7.00. The van der Waals surface area contributed by atoms with E-state index >= 15 is 0 Å². The average Bonchev–Trinajstić information content (AvgIpc) is 2.94. The molecule has 0 spiro atoms. The molecule has 2 fully saturated rings. The van der Waals surface area contributed by atoms with Crippen LogP contribution in [0.1, 0.15) is 37.3 Å². The molecule has 2 saturated heterocycles. The lowest BCUT2D eigenvalue weighted by molar-refractivity contribution is 0.208. The van der Waals surface area contributed by atoms with Gasteiger partial charge in [0.2, 0.25) is 0 Å². The lowest BCUT2D eigenvalue weighted by atomic mass is 10.0. The van der Waals surface area contributed by atoms with Crippen molar-refractivity contribution in [1.82, 2.24) is 5.32 Å². The van der Waals surface area contributed by atoms with Crippen molar-refractivity contribution < 1.29 is 4.74 Å². The smallest absolute Gasteiger partial charge is 0.124 e. The van der Waals surface area contributed by atoms with E-state index in [0.717, 1.165) is 18.0 Å². The van der Waals surface area contributed by atoms with Gasteiger partial charge < -0.3 is 10.1 Å². The monoisotopic (exact) mass is 263 g/mol. The Balaban J connectivity index is 1.73. The standard InChI is InChI=1S/C15H21NOS/c1-2-8-15(17-12-5-4-10-18-11-12)13(6-1)14-7-3-9-16-14/h1-2,6,8,12,14,16H,3-5,7,9-11H2. The second kappa shape index (κ2) is 5.98. The van der Waals surface area contributed by atoms with Gasteiger partial charge >= 0.3 is 0 Å². The van der Waals surface area contributed by atoms with Gasteiger partial charge in [-0.3, -0.25) is 0 Å². The molecule has 2 atom stereocenters. The third-order valence-electron chi connectivity index (χ3n) is 3.77. The van der Waals surface area contributed by atoms with E-state index in [9.17, 15) is 0 Å². The van der Waals surface area contributed by atoms with Crippen LogP contribution in [0.3, 0.4) is 0 Å². The fourth-order valence-electron chi connectivity index (χ4n) is 2.81. The minimum atomic E-state index is 0.409. The Kier molecular flexibility index (Phi) is 4.11. The van der Waals surface area contributed by atoms with Crippen LogP contribution < -0.4 is 10.1 Å². The summed E-state index contributed by atoms with van der Waals surface area (Å²) in [6, 6.07) is 9.06. The second-order valence-electron chi connectivity index (χ2n) is 5.14. The van der Waals surface area contributed by atoms with Gasteiger partial charge in [-0.15, -0.1) is 0 Å². The number of para-hydroxylation sites is 1. The fourth-order valence-corrected chi connectivity index (χ4v) is 3.84. The van der Waals surface area contributed by atoms with E-state index in [-0.39, 0.29) is 0 Å². The summed E-state index contributed by atoms with van der Waals surface area (Å²) in [5, 5.41) is 3.57. The van der Waals surface area contributed by atoms with Crippen molar-refractivity contribution in [3.63, 3.8) is 0 Å². The summed E-state index contributed by atoms with van der Waals surface area (Å²) < 4.78 is 6.24. The Hall–Kier alpha value is -0.670. The van der Waals surface area contributed by atoms with E-state index in [0.29, 0.717) is 12.1 Å². The maximum Gasteiger partial charge on any atom is 0.124 e. The van der Waals surface area contributed by atoms with Crippen LogP contribution in [0.15, 0.2) is 24.3 Å². The van der Waals surface area contributed by atoms with Crippen molar-refractivity contribution in [2.75, 3.05) is 18.1 Å². The molecule has 0 radical (unpaired) electrons. The summed E-state index contributed by atoms with van der Waals surface area (Å²) >= 11 is 2.02. The van der Waals surface area contributed by atoms with Gasteiger partial charge in [-0.05, 0) is 44.0 Å². The summed E-state index contributed by atoms with van der Waals surface area (Å²) in [6.45, 7) is 1.14. The SMILES string of the molecule is c1ccc(C2CCCN2)c(OC2CCCSC2)c1. The summed E-state index contributed by atoms with van der Waals surface area (Å²) in [6.07, 6.45) is 5.42. The minimum Gasteiger partial charge on any atom is -0.489 e. The van der Waals surface area contributed by atoms with Gasteiger partial charge in [-0.25, -0.2) is 0 Å². The number of rotatable bonds is 3. The van der Waals surface area contributed by atoms with Crippen molar-refractivity contribution in [1.29, 1.82) is 0 Å². The average molecular weight is 263 g/mol. The van der Waals surface area contributed by atoms with E-state index in [1.54, 1.807) is 0 Å². The van der Waals surface area contributed by atoms with Crippen molar-refractivity contribution >= 4 is 11.8 Å². The van der Waals surface area contributed by atoms with Crippen molar-refractivity contribution in [2.24, 2.45) is 0 Å². The minimum absolute atomic E-state index is 0.409. The molecule has 2 aliphatic heterocycles. The molecule has 1 aromatic rings. The number of thioether (sulfide) groups is 1. The Morgan fingerprint density at radius 1 is 1.17 bits per heavy atom. The van der Waals surface area contributed by atoms with Crippen LogP contribution in [0.4, 0.5) is 0 Å². The third kappa shape index (κ3) is 2.83. The van der Waals surface area contributed by atoms with E-state index in [1.807, 2.05) is 11.8 Å². The van der Waals surface area contributed by atoms with Crippen LogP contribution in [0.5, 0.6) is 5.75 Å². The molecule has 1 N–H and O–H groups in total. The molecule has 3 rings (SSSR count). The number of hydrogen-bond donors (Lipinski definition) is 1. The highest BCUT2D eigenvalue weighted by molar-refractivity contribution is 7.99. The van der Waals surface area contributed by atoms with Crippen molar-refractivity contribution in [3.8, 4) is 5.75 Å². The van der Waals surface area contributed by atoms with E-state index in [1.165, 1.54) is 37.0 Å². The lowest BCUT2D eigenvalue weighted by Crippen LogP contribution is -2.24. The maximum absolute atomic E-state index is 6.24. The zero-order chi connectivity index (χ0) is 12.2. The van der Waals surface area contributed by atoms with Crippen molar-refractivity contribution in [2.45, 2.75) is 37.8 Å². The number of ether oxygens (including phenoxy) is 1. The highest BCUT2D eigenvalue weighted by Gasteiger charge is 2.22. The Morgan fingerprint density at radius 2 is 2.11 bits per heavy atom. The van der Waals surface area contributed by atoms with E-state index in [2.05, 4.69) is 29.6 Å². The number of hydrogen-bond acceptors (Lipinski definition) is 3. The predicted molar refractivity (Wildman–Crippen MR) is 77.4 cm³/mol. The third-order valence-corrected chi connectivity index (χ3v) is 4.95. The van der Waals surface area contributed by atoms with E-state index in [4.69, 9.17) is 4.74 Å². The quantitative estimate of drug-likeness (QED) is 0.903. The van der Waals surface area contributed by atoms with Crippen LogP contribution in [0.25, 0.3) is 0 Å². The second-order valence-corrected chi connectivity index (χ2v) is 6.29. The molecule has 98 valence electrons. The first kappa shape index (κ1) is 12.4. The molecule has 0 saturated carbocycles. The molecule has 0 aromatic heterocycles.